The van der Waals surface area contributed by atoms with Crippen LogP contribution in [-0.4, -0.2) is 34.4 Å². The van der Waals surface area contributed by atoms with Gasteiger partial charge in [0.15, 0.2) is 5.78 Å². The largest absolute Gasteiger partial charge is 0.394 e. The summed E-state index contributed by atoms with van der Waals surface area (Å²) >= 11 is 0. The second-order valence-electron chi connectivity index (χ2n) is 4.19. The van der Waals surface area contributed by atoms with Crippen molar-refractivity contribution in [1.82, 2.24) is 10.3 Å². The van der Waals surface area contributed by atoms with Crippen LogP contribution in [0.2, 0.25) is 0 Å². The lowest BCUT2D eigenvalue weighted by Crippen LogP contribution is -2.42. The summed E-state index contributed by atoms with van der Waals surface area (Å²) in [5.74, 6) is -0.679. The van der Waals surface area contributed by atoms with Gasteiger partial charge in [0.2, 0.25) is 0 Å². The van der Waals surface area contributed by atoms with E-state index in [0.717, 1.165) is 0 Å². The number of para-hydroxylation sites is 1. The normalized spacial score (nSPS) is 12.1. The monoisotopic (exact) mass is 258 g/mol. The molecule has 1 atom stereocenters. The molecule has 0 aliphatic carbocycles. The van der Waals surface area contributed by atoms with Gasteiger partial charge in [0.05, 0.1) is 17.7 Å². The number of hydrogen-bond acceptors (Lipinski definition) is 4. The Kier molecular flexibility index (Phi) is 3.87. The van der Waals surface area contributed by atoms with Gasteiger partial charge in [0.1, 0.15) is 6.04 Å². The van der Waals surface area contributed by atoms with Gasteiger partial charge >= 0.3 is 0 Å². The molecule has 5 heteroatoms. The van der Waals surface area contributed by atoms with Crippen molar-refractivity contribution in [3.8, 4) is 0 Å². The first-order valence-corrected chi connectivity index (χ1v) is 5.89. The van der Waals surface area contributed by atoms with Gasteiger partial charge in [-0.15, -0.1) is 0 Å². The number of amides is 1. The number of ketones is 1. The van der Waals surface area contributed by atoms with E-state index in [1.54, 1.807) is 24.4 Å². The molecule has 0 saturated carbocycles. The molecule has 0 aliphatic heterocycles. The first kappa shape index (κ1) is 13.2. The zero-order chi connectivity index (χ0) is 13.8. The number of hydrogen-bond donors (Lipinski definition) is 2. The lowest BCUT2D eigenvalue weighted by molar-refractivity contribution is -0.119. The molecule has 2 aromatic rings. The van der Waals surface area contributed by atoms with E-state index in [1.807, 2.05) is 12.1 Å². The first-order chi connectivity index (χ1) is 9.13. The molecule has 0 bridgehead atoms. The maximum absolute atomic E-state index is 12.1. The predicted octanol–water partition coefficient (Wildman–Crippen LogP) is 0.914. The van der Waals surface area contributed by atoms with Crippen molar-refractivity contribution in [2.24, 2.45) is 0 Å². The number of aliphatic hydroxyl groups is 1. The van der Waals surface area contributed by atoms with Crippen LogP contribution in [0.5, 0.6) is 0 Å². The minimum atomic E-state index is -0.876. The topological polar surface area (TPSA) is 79.3 Å². The number of aromatic nitrogens is 1. The quantitative estimate of drug-likeness (QED) is 0.854. The van der Waals surface area contributed by atoms with Gasteiger partial charge in [-0.3, -0.25) is 14.6 Å². The third kappa shape index (κ3) is 2.77. The molecule has 2 rings (SSSR count). The summed E-state index contributed by atoms with van der Waals surface area (Å²) < 4.78 is 0. The highest BCUT2D eigenvalue weighted by Gasteiger charge is 2.18. The highest BCUT2D eigenvalue weighted by atomic mass is 16.3. The van der Waals surface area contributed by atoms with Crippen LogP contribution in [-0.2, 0) is 4.79 Å². The average Bonchev–Trinajstić information content (AvgIpc) is 2.43. The Morgan fingerprint density at radius 2 is 2.05 bits per heavy atom. The van der Waals surface area contributed by atoms with Crippen LogP contribution in [0.3, 0.4) is 0 Å². The third-order valence-corrected chi connectivity index (χ3v) is 2.87. The van der Waals surface area contributed by atoms with E-state index in [-0.39, 0.29) is 5.78 Å². The summed E-state index contributed by atoms with van der Waals surface area (Å²) in [5.41, 5.74) is 1.14. The number of benzene rings is 1. The molecule has 1 amide bonds. The smallest absolute Gasteiger partial charge is 0.252 e. The van der Waals surface area contributed by atoms with Gasteiger partial charge in [-0.05, 0) is 19.1 Å². The first-order valence-electron chi connectivity index (χ1n) is 5.89. The van der Waals surface area contributed by atoms with Gasteiger partial charge in [0.25, 0.3) is 5.91 Å². The maximum Gasteiger partial charge on any atom is 0.252 e. The Bertz CT molecular complexity index is 620. The van der Waals surface area contributed by atoms with Crippen LogP contribution >= 0.6 is 0 Å². The highest BCUT2D eigenvalue weighted by molar-refractivity contribution is 6.07. The van der Waals surface area contributed by atoms with Crippen molar-refractivity contribution in [1.29, 1.82) is 0 Å². The molecule has 5 nitrogen and oxygen atoms in total. The van der Waals surface area contributed by atoms with Crippen LogP contribution < -0.4 is 5.32 Å². The Morgan fingerprint density at radius 3 is 2.74 bits per heavy atom. The summed E-state index contributed by atoms with van der Waals surface area (Å²) in [6.45, 7) is 0.913. The Hall–Kier alpha value is -2.27. The van der Waals surface area contributed by atoms with E-state index in [4.69, 9.17) is 5.11 Å². The standard InChI is InChI=1S/C14H14N2O3/c1-9(18)13(8-17)16-14(19)11-6-7-15-12-5-3-2-4-10(11)12/h2-7,13,17H,8H2,1H3,(H,16,19)/t13-/m1/s1. The fraction of sp³-hybridized carbons (Fsp3) is 0.214. The van der Waals surface area contributed by atoms with Crippen LogP contribution in [0.15, 0.2) is 36.5 Å². The summed E-state index contributed by atoms with van der Waals surface area (Å²) in [4.78, 5) is 27.5. The number of Topliss-reactive ketones (excluding diaryl/α,β-unsaturated/α-hetero) is 1. The molecule has 2 N–H and O–H groups in total. The second-order valence-corrected chi connectivity index (χ2v) is 4.19. The van der Waals surface area contributed by atoms with Crippen LogP contribution in [0.4, 0.5) is 0 Å². The average molecular weight is 258 g/mol. The number of rotatable bonds is 4. The molecule has 0 saturated heterocycles. The molecule has 1 aromatic heterocycles. The summed E-state index contributed by atoms with van der Waals surface area (Å²) in [7, 11) is 0. The maximum atomic E-state index is 12.1. The van der Waals surface area contributed by atoms with Crippen molar-refractivity contribution in [2.75, 3.05) is 6.61 Å². The van der Waals surface area contributed by atoms with Gasteiger partial charge in [-0.1, -0.05) is 18.2 Å². The number of aliphatic hydroxyl groups excluding tert-OH is 1. The zero-order valence-corrected chi connectivity index (χ0v) is 10.5. The number of carbonyl (C=O) groups is 2. The SMILES string of the molecule is CC(=O)[C@@H](CO)NC(=O)c1ccnc2ccccc12. The molecule has 0 radical (unpaired) electrons. The fourth-order valence-electron chi connectivity index (χ4n) is 1.81. The third-order valence-electron chi connectivity index (χ3n) is 2.87. The van der Waals surface area contributed by atoms with Crippen LogP contribution in [0.1, 0.15) is 17.3 Å². The van der Waals surface area contributed by atoms with Gasteiger partial charge in [0, 0.05) is 11.6 Å². The van der Waals surface area contributed by atoms with Crippen molar-refractivity contribution >= 4 is 22.6 Å². The highest BCUT2D eigenvalue weighted by Crippen LogP contribution is 2.16. The lowest BCUT2D eigenvalue weighted by Gasteiger charge is -2.13. The molecule has 98 valence electrons. The van der Waals surface area contributed by atoms with Gasteiger partial charge in [-0.2, -0.15) is 0 Å². The van der Waals surface area contributed by atoms with E-state index in [9.17, 15) is 9.59 Å². The molecule has 19 heavy (non-hydrogen) atoms. The number of nitrogens with one attached hydrogen (secondary N) is 1. The molecule has 0 spiro atoms. The molecule has 0 fully saturated rings. The number of fused-ring (bicyclic) bond motifs is 1. The Balaban J connectivity index is 2.34. The van der Waals surface area contributed by atoms with Crippen molar-refractivity contribution in [3.63, 3.8) is 0 Å². The van der Waals surface area contributed by atoms with Crippen LogP contribution in [0.25, 0.3) is 10.9 Å². The van der Waals surface area contributed by atoms with Gasteiger partial charge < -0.3 is 10.4 Å². The van der Waals surface area contributed by atoms with E-state index >= 15 is 0 Å². The van der Waals surface area contributed by atoms with Gasteiger partial charge in [-0.25, -0.2) is 0 Å². The minimum Gasteiger partial charge on any atom is -0.394 e. The fourth-order valence-corrected chi connectivity index (χ4v) is 1.81. The van der Waals surface area contributed by atoms with E-state index in [2.05, 4.69) is 10.3 Å². The molecule has 0 aliphatic rings. The zero-order valence-electron chi connectivity index (χ0n) is 10.5. The molecule has 1 aromatic carbocycles. The van der Waals surface area contributed by atoms with E-state index < -0.39 is 18.6 Å². The Labute approximate surface area is 110 Å². The van der Waals surface area contributed by atoms with Crippen molar-refractivity contribution in [3.05, 3.63) is 42.1 Å². The Morgan fingerprint density at radius 1 is 1.32 bits per heavy atom. The van der Waals surface area contributed by atoms with Crippen molar-refractivity contribution in [2.45, 2.75) is 13.0 Å². The molecular formula is C14H14N2O3. The number of nitrogens with zero attached hydrogens (tertiary/aromatic N) is 1. The lowest BCUT2D eigenvalue weighted by atomic mass is 10.1. The number of pyridine rings is 1. The predicted molar refractivity (Wildman–Crippen MR) is 70.8 cm³/mol. The summed E-state index contributed by atoms with van der Waals surface area (Å²) in [5, 5.41) is 12.3. The van der Waals surface area contributed by atoms with E-state index in [1.165, 1.54) is 6.92 Å². The van der Waals surface area contributed by atoms with E-state index in [0.29, 0.717) is 16.5 Å². The van der Waals surface area contributed by atoms with Crippen molar-refractivity contribution < 1.29 is 14.7 Å². The molecule has 0 unspecified atom stereocenters. The van der Waals surface area contributed by atoms with Crippen LogP contribution in [0, 0.1) is 0 Å². The summed E-state index contributed by atoms with van der Waals surface area (Å²) in [6.07, 6.45) is 1.54. The second kappa shape index (κ2) is 5.58. The number of carbonyl (C=O) groups excluding carboxylic acids is 2. The summed E-state index contributed by atoms with van der Waals surface area (Å²) in [6, 6.07) is 7.96. The minimum absolute atomic E-state index is 0.283. The molecule has 1 heterocycles. The molecular weight excluding hydrogens is 244 g/mol.